The molecular formula is C11H23N3O. The summed E-state index contributed by atoms with van der Waals surface area (Å²) in [5.74, 6) is -0.190. The van der Waals surface area contributed by atoms with Gasteiger partial charge in [0.1, 0.15) is 0 Å². The molecule has 1 rings (SSSR count). The summed E-state index contributed by atoms with van der Waals surface area (Å²) in [6.45, 7) is 6.28. The van der Waals surface area contributed by atoms with Crippen molar-refractivity contribution in [3.05, 3.63) is 0 Å². The number of nitrogens with zero attached hydrogens (tertiary/aromatic N) is 1. The van der Waals surface area contributed by atoms with Crippen LogP contribution in [-0.2, 0) is 4.79 Å². The molecule has 3 N–H and O–H groups in total. The molecule has 0 aromatic carbocycles. The van der Waals surface area contributed by atoms with Crippen molar-refractivity contribution in [2.75, 3.05) is 26.2 Å². The van der Waals surface area contributed by atoms with Gasteiger partial charge >= 0.3 is 0 Å². The molecule has 0 atom stereocenters. The van der Waals surface area contributed by atoms with Gasteiger partial charge in [-0.05, 0) is 38.9 Å². The third kappa shape index (κ3) is 4.62. The minimum absolute atomic E-state index is 0.190. The van der Waals surface area contributed by atoms with E-state index in [1.54, 1.807) is 0 Å². The van der Waals surface area contributed by atoms with Gasteiger partial charge in [-0.15, -0.1) is 0 Å². The topological polar surface area (TPSA) is 58.4 Å². The van der Waals surface area contributed by atoms with Crippen molar-refractivity contribution in [3.8, 4) is 0 Å². The monoisotopic (exact) mass is 213 g/mol. The Morgan fingerprint density at radius 3 is 2.60 bits per heavy atom. The largest absolute Gasteiger partial charge is 0.370 e. The van der Waals surface area contributed by atoms with Gasteiger partial charge in [-0.1, -0.05) is 6.92 Å². The van der Waals surface area contributed by atoms with E-state index >= 15 is 0 Å². The van der Waals surface area contributed by atoms with E-state index < -0.39 is 0 Å². The summed E-state index contributed by atoms with van der Waals surface area (Å²) in [5, 5.41) is 3.36. The number of rotatable bonds is 6. The van der Waals surface area contributed by atoms with Crippen LogP contribution in [0.25, 0.3) is 0 Å². The molecule has 4 nitrogen and oxygen atoms in total. The predicted molar refractivity (Wildman–Crippen MR) is 61.6 cm³/mol. The molecule has 1 amide bonds. The van der Waals surface area contributed by atoms with Crippen LogP contribution in [0.1, 0.15) is 32.6 Å². The molecule has 1 aliphatic heterocycles. The zero-order valence-electron chi connectivity index (χ0n) is 9.67. The summed E-state index contributed by atoms with van der Waals surface area (Å²) in [6.07, 6.45) is 4.02. The number of nitrogens with two attached hydrogens (primary N) is 1. The zero-order valence-corrected chi connectivity index (χ0v) is 9.67. The lowest BCUT2D eigenvalue weighted by atomic mass is 10.0. The fraction of sp³-hybridized carbons (Fsp3) is 0.909. The lowest BCUT2D eigenvalue weighted by Crippen LogP contribution is -2.44. The van der Waals surface area contributed by atoms with Crippen molar-refractivity contribution in [2.45, 2.75) is 38.6 Å². The van der Waals surface area contributed by atoms with Crippen molar-refractivity contribution in [1.82, 2.24) is 10.2 Å². The smallest absolute Gasteiger partial charge is 0.218 e. The predicted octanol–water partition coefficient (Wildman–Crippen LogP) is 0.326. The molecule has 0 saturated carbocycles. The van der Waals surface area contributed by atoms with Crippen LogP contribution in [0.4, 0.5) is 0 Å². The van der Waals surface area contributed by atoms with Gasteiger partial charge in [0.25, 0.3) is 0 Å². The molecule has 88 valence electrons. The van der Waals surface area contributed by atoms with Crippen molar-refractivity contribution >= 4 is 5.91 Å². The standard InChI is InChI=1S/C11H23N3O/c1-2-8-14(9-5-11(12)15)10-3-6-13-7-4-10/h10,13H,2-9H2,1H3,(H2,12,15). The van der Waals surface area contributed by atoms with Crippen LogP contribution in [0.5, 0.6) is 0 Å². The quantitative estimate of drug-likeness (QED) is 0.668. The van der Waals surface area contributed by atoms with Crippen LogP contribution >= 0.6 is 0 Å². The van der Waals surface area contributed by atoms with Gasteiger partial charge in [0.2, 0.25) is 5.91 Å². The summed E-state index contributed by atoms with van der Waals surface area (Å²) in [4.78, 5) is 13.2. The molecule has 1 saturated heterocycles. The number of primary amides is 1. The molecule has 4 heteroatoms. The second kappa shape index (κ2) is 6.80. The molecule has 0 radical (unpaired) electrons. The maximum atomic E-state index is 10.8. The highest BCUT2D eigenvalue weighted by atomic mass is 16.1. The molecule has 1 fully saturated rings. The number of nitrogens with one attached hydrogen (secondary N) is 1. The molecule has 15 heavy (non-hydrogen) atoms. The van der Waals surface area contributed by atoms with Crippen LogP contribution < -0.4 is 11.1 Å². The Morgan fingerprint density at radius 2 is 2.07 bits per heavy atom. The van der Waals surface area contributed by atoms with Gasteiger partial charge in [-0.2, -0.15) is 0 Å². The normalized spacial score (nSPS) is 18.3. The molecule has 0 bridgehead atoms. The Hall–Kier alpha value is -0.610. The molecule has 0 aliphatic carbocycles. The Balaban J connectivity index is 2.36. The first-order chi connectivity index (χ1) is 7.24. The fourth-order valence-corrected chi connectivity index (χ4v) is 2.19. The van der Waals surface area contributed by atoms with Crippen LogP contribution in [0, 0.1) is 0 Å². The Morgan fingerprint density at radius 1 is 1.40 bits per heavy atom. The van der Waals surface area contributed by atoms with Gasteiger partial charge < -0.3 is 11.1 Å². The first kappa shape index (κ1) is 12.5. The number of piperidine rings is 1. The van der Waals surface area contributed by atoms with Gasteiger partial charge in [0, 0.05) is 19.0 Å². The lowest BCUT2D eigenvalue weighted by molar-refractivity contribution is -0.118. The number of hydrogen-bond acceptors (Lipinski definition) is 3. The van der Waals surface area contributed by atoms with Crippen molar-refractivity contribution in [3.63, 3.8) is 0 Å². The first-order valence-electron chi connectivity index (χ1n) is 5.97. The molecule has 1 heterocycles. The van der Waals surface area contributed by atoms with Crippen LogP contribution in [0.3, 0.4) is 0 Å². The van der Waals surface area contributed by atoms with E-state index in [9.17, 15) is 4.79 Å². The summed E-state index contributed by atoms with van der Waals surface area (Å²) in [7, 11) is 0. The summed E-state index contributed by atoms with van der Waals surface area (Å²) < 4.78 is 0. The summed E-state index contributed by atoms with van der Waals surface area (Å²) >= 11 is 0. The van der Waals surface area contributed by atoms with Crippen LogP contribution in [0.15, 0.2) is 0 Å². The summed E-state index contributed by atoms with van der Waals surface area (Å²) in [6, 6.07) is 0.644. The zero-order chi connectivity index (χ0) is 11.1. The Kier molecular flexibility index (Phi) is 5.65. The highest BCUT2D eigenvalue weighted by Crippen LogP contribution is 2.12. The third-order valence-electron chi connectivity index (χ3n) is 2.98. The van der Waals surface area contributed by atoms with Crippen molar-refractivity contribution < 1.29 is 4.79 Å². The van der Waals surface area contributed by atoms with E-state index in [0.717, 1.165) is 32.6 Å². The first-order valence-corrected chi connectivity index (χ1v) is 5.97. The van der Waals surface area contributed by atoms with E-state index in [1.165, 1.54) is 12.8 Å². The molecule has 0 aromatic rings. The maximum Gasteiger partial charge on any atom is 0.218 e. The van der Waals surface area contributed by atoms with E-state index in [-0.39, 0.29) is 5.91 Å². The SMILES string of the molecule is CCCN(CCC(N)=O)C1CCNCC1. The molecule has 1 aliphatic rings. The average molecular weight is 213 g/mol. The molecule has 0 aromatic heterocycles. The minimum atomic E-state index is -0.190. The minimum Gasteiger partial charge on any atom is -0.370 e. The average Bonchev–Trinajstić information content (AvgIpc) is 2.25. The summed E-state index contributed by atoms with van der Waals surface area (Å²) in [5.41, 5.74) is 5.19. The van der Waals surface area contributed by atoms with Crippen molar-refractivity contribution in [2.24, 2.45) is 5.73 Å². The number of carbonyl (C=O) groups is 1. The number of carbonyl (C=O) groups excluding carboxylic acids is 1. The number of hydrogen-bond donors (Lipinski definition) is 2. The second-order valence-electron chi connectivity index (χ2n) is 4.23. The molecule has 0 spiro atoms. The van der Waals surface area contributed by atoms with E-state index in [4.69, 9.17) is 5.73 Å². The van der Waals surface area contributed by atoms with Gasteiger partial charge in [-0.25, -0.2) is 0 Å². The van der Waals surface area contributed by atoms with Gasteiger partial charge in [0.15, 0.2) is 0 Å². The van der Waals surface area contributed by atoms with E-state index in [2.05, 4.69) is 17.1 Å². The number of amides is 1. The van der Waals surface area contributed by atoms with Crippen LogP contribution in [-0.4, -0.2) is 43.0 Å². The Bertz CT molecular complexity index is 190. The van der Waals surface area contributed by atoms with E-state index in [1.807, 2.05) is 0 Å². The van der Waals surface area contributed by atoms with E-state index in [0.29, 0.717) is 12.5 Å². The third-order valence-corrected chi connectivity index (χ3v) is 2.98. The lowest BCUT2D eigenvalue weighted by Gasteiger charge is -2.34. The maximum absolute atomic E-state index is 10.8. The highest BCUT2D eigenvalue weighted by molar-refractivity contribution is 5.73. The highest BCUT2D eigenvalue weighted by Gasteiger charge is 2.20. The van der Waals surface area contributed by atoms with Gasteiger partial charge in [0.05, 0.1) is 0 Å². The van der Waals surface area contributed by atoms with Gasteiger partial charge in [-0.3, -0.25) is 9.69 Å². The van der Waals surface area contributed by atoms with Crippen molar-refractivity contribution in [1.29, 1.82) is 0 Å². The molecular weight excluding hydrogens is 190 g/mol. The fourth-order valence-electron chi connectivity index (χ4n) is 2.19. The van der Waals surface area contributed by atoms with Crippen LogP contribution in [0.2, 0.25) is 0 Å². The Labute approximate surface area is 92.2 Å². The second-order valence-corrected chi connectivity index (χ2v) is 4.23. The molecule has 0 unspecified atom stereocenters.